The van der Waals surface area contributed by atoms with E-state index in [0.29, 0.717) is 37.3 Å². The van der Waals surface area contributed by atoms with E-state index in [-0.39, 0.29) is 69.0 Å². The Balaban J connectivity index is 1.47. The smallest absolute Gasteiger partial charge is 0.312 e. The zero-order valence-electron chi connectivity index (χ0n) is 45.0. The number of phenolic OH excluding ortho intramolecular Hbond substituents is 1. The Bertz CT molecular complexity index is 3030. The third kappa shape index (κ3) is 11.4. The molecule has 9 atom stereocenters. The molecule has 2 aromatic carbocycles. The number of aliphatic hydroxyl groups excluding tert-OH is 2. The number of aromatic nitrogens is 1. The van der Waals surface area contributed by atoms with Crippen molar-refractivity contribution in [1.29, 1.82) is 0 Å². The minimum atomic E-state index is -2.11. The highest BCUT2D eigenvalue weighted by atomic mass is 16.7. The number of aromatic hydroxyl groups is 1. The van der Waals surface area contributed by atoms with Gasteiger partial charge in [0.1, 0.15) is 47.1 Å². The number of esters is 2. The number of hydrogen-bond donors (Lipinski definition) is 4. The average molecular weight is 1050 g/mol. The summed E-state index contributed by atoms with van der Waals surface area (Å²) < 4.78 is 30.9. The lowest BCUT2D eigenvalue weighted by atomic mass is 9.77. The van der Waals surface area contributed by atoms with Crippen molar-refractivity contribution in [2.24, 2.45) is 41.4 Å². The molecule has 0 saturated carbocycles. The maximum absolute atomic E-state index is 15.1. The lowest BCUT2D eigenvalue weighted by Gasteiger charge is -2.37. The number of Topliss-reactive ketones (excluding diaryl/α,β-unsaturated/α-hetero) is 1. The molecule has 8 rings (SSSR count). The van der Waals surface area contributed by atoms with Gasteiger partial charge in [0.25, 0.3) is 11.7 Å². The van der Waals surface area contributed by atoms with Crippen LogP contribution in [0.5, 0.6) is 17.2 Å². The molecule has 0 aromatic heterocycles. The Hall–Kier alpha value is -6.96. The highest BCUT2D eigenvalue weighted by Crippen LogP contribution is 2.51. The molecule has 1 aliphatic carbocycles. The largest absolute Gasteiger partial charge is 0.507 e. The molecule has 76 heavy (non-hydrogen) atoms. The summed E-state index contributed by atoms with van der Waals surface area (Å²) in [6.45, 7) is 22.2. The molecule has 5 heterocycles. The Morgan fingerprint density at radius 1 is 0.934 bits per heavy atom. The van der Waals surface area contributed by atoms with Gasteiger partial charge in [-0.2, -0.15) is 0 Å². The second kappa shape index (κ2) is 23.1. The summed E-state index contributed by atoms with van der Waals surface area (Å²) in [7, 11) is 0. The topological polar surface area (TPSA) is 262 Å². The standard InChI is InChI=1S/C57H70N4O15/c1-28(2)25-60-18-20-61(21-19-60)38-23-39(74-41(65)16-15-37(26-62)27-63)45-40(24-38)75-54-46(58-45)42-43-50(68)35(9)53-44(42)55(70)57(11,76-53)72-22-17-29(3)32(6)52(73-36(10)64)34(8)49(67)33(7)48(66)30(4)13-12-14-31(5)56(71)59-47(54)51(43)69/h12-14,17,22-24,26-30,32-34,37,48-49,52,66-68H,15-16,18-21,25H2,1-11H3,(H,59,71)/b13-12+,22-17+,31-14-/t29-,30-,32+,33+,34+,48-,49+,52+,57-/m0/s1. The molecule has 2 aromatic rings. The summed E-state index contributed by atoms with van der Waals surface area (Å²) in [5, 5.41) is 37.2. The predicted octanol–water partition coefficient (Wildman–Crippen LogP) is 7.05. The SMILES string of the molecule is CC(=O)O[C@H]1[C@H](C)[C@H](O)[C@H](C)[C@@H](O)[C@@H](C)/C=C/C=C(/C)C(=O)Nc2c3oc4cc(N5CCN(CC(C)C)CC5)cc(OC(=O)CCC(C=O)C=O)c4nc-3c3c4c(c(C)c(O)c3c2=O)O[C@](C)(O/C=C/[C@H](C)[C@H]1C)C4=O. The van der Waals surface area contributed by atoms with E-state index in [1.165, 1.54) is 40.0 Å². The Morgan fingerprint density at radius 3 is 2.26 bits per heavy atom. The van der Waals surface area contributed by atoms with Crippen LogP contribution < -0.4 is 25.1 Å². The minimum absolute atomic E-state index is 0.00288. The van der Waals surface area contributed by atoms with Crippen molar-refractivity contribution in [3.05, 3.63) is 69.6 Å². The monoisotopic (exact) mass is 1050 g/mol. The van der Waals surface area contributed by atoms with Crippen LogP contribution in [0.4, 0.5) is 11.4 Å². The second-order valence-electron chi connectivity index (χ2n) is 21.3. The number of nitrogens with one attached hydrogen (secondary N) is 1. The van der Waals surface area contributed by atoms with Crippen LogP contribution in [0.2, 0.25) is 0 Å². The third-order valence-electron chi connectivity index (χ3n) is 15.2. The van der Waals surface area contributed by atoms with E-state index < -0.39 is 105 Å². The van der Waals surface area contributed by atoms with E-state index >= 15 is 9.59 Å². The van der Waals surface area contributed by atoms with Gasteiger partial charge in [-0.25, -0.2) is 4.98 Å². The van der Waals surface area contributed by atoms with Gasteiger partial charge in [-0.05, 0) is 44.1 Å². The van der Waals surface area contributed by atoms with Crippen LogP contribution in [0.3, 0.4) is 0 Å². The first-order valence-corrected chi connectivity index (χ1v) is 25.9. The fourth-order valence-corrected chi connectivity index (χ4v) is 10.3. The van der Waals surface area contributed by atoms with Crippen molar-refractivity contribution in [2.75, 3.05) is 42.9 Å². The fourth-order valence-electron chi connectivity index (χ4n) is 10.3. The quantitative estimate of drug-likeness (QED) is 0.0310. The maximum Gasteiger partial charge on any atom is 0.312 e. The summed E-state index contributed by atoms with van der Waals surface area (Å²) in [6.07, 6.45) is 4.99. The van der Waals surface area contributed by atoms with Crippen molar-refractivity contribution in [3.8, 4) is 28.7 Å². The lowest BCUT2D eigenvalue weighted by Crippen LogP contribution is -2.47. The number of rotatable bonds is 10. The number of anilines is 2. The van der Waals surface area contributed by atoms with Crippen LogP contribution in [-0.4, -0.2) is 118 Å². The molecular weight excluding hydrogens is 981 g/mol. The predicted molar refractivity (Wildman–Crippen MR) is 283 cm³/mol. The van der Waals surface area contributed by atoms with Gasteiger partial charge < -0.3 is 58.5 Å². The third-order valence-corrected chi connectivity index (χ3v) is 15.2. The van der Waals surface area contributed by atoms with Crippen molar-refractivity contribution in [2.45, 2.75) is 113 Å². The molecule has 0 spiro atoms. The first kappa shape index (κ1) is 56.8. The number of aldehydes is 2. The van der Waals surface area contributed by atoms with Crippen LogP contribution >= 0.6 is 0 Å². The van der Waals surface area contributed by atoms with E-state index in [9.17, 15) is 39.3 Å². The van der Waals surface area contributed by atoms with Gasteiger partial charge in [-0.3, -0.25) is 28.9 Å². The van der Waals surface area contributed by atoms with Gasteiger partial charge in [-0.15, -0.1) is 0 Å². The van der Waals surface area contributed by atoms with E-state index in [4.69, 9.17) is 28.3 Å². The molecule has 5 aliphatic heterocycles. The number of fused-ring (bicyclic) bond motifs is 14. The molecule has 5 bridgehead atoms. The summed E-state index contributed by atoms with van der Waals surface area (Å²) in [5.41, 5.74) is -1.18. The molecule has 1 fully saturated rings. The Morgan fingerprint density at radius 2 is 1.62 bits per heavy atom. The molecule has 408 valence electrons. The average Bonchev–Trinajstić information content (AvgIpc) is 3.77. The van der Waals surface area contributed by atoms with Crippen molar-refractivity contribution >= 4 is 69.4 Å². The summed E-state index contributed by atoms with van der Waals surface area (Å²) >= 11 is 0. The molecule has 1 saturated heterocycles. The maximum atomic E-state index is 15.1. The molecule has 4 N–H and O–H groups in total. The molecule has 19 nitrogen and oxygen atoms in total. The number of ether oxygens (including phenoxy) is 4. The van der Waals surface area contributed by atoms with Crippen LogP contribution in [0, 0.1) is 48.3 Å². The Labute approximate surface area is 441 Å². The van der Waals surface area contributed by atoms with E-state index in [1.54, 1.807) is 51.1 Å². The number of allylic oxidation sites excluding steroid dienone is 3. The van der Waals surface area contributed by atoms with E-state index in [2.05, 4.69) is 29.0 Å². The second-order valence-corrected chi connectivity index (χ2v) is 21.3. The lowest BCUT2D eigenvalue weighted by molar-refractivity contribution is -0.158. The van der Waals surface area contributed by atoms with Gasteiger partial charge in [-0.1, -0.05) is 66.7 Å². The zero-order chi connectivity index (χ0) is 55.7. The summed E-state index contributed by atoms with van der Waals surface area (Å²) in [6, 6.07) is 3.27. The molecule has 6 aliphatic rings. The normalized spacial score (nSPS) is 27.5. The number of carbonyl (C=O) groups excluding carboxylic acids is 6. The van der Waals surface area contributed by atoms with Crippen LogP contribution in [0.1, 0.15) is 98.0 Å². The van der Waals surface area contributed by atoms with E-state index in [0.717, 1.165) is 19.6 Å². The Kier molecular flexibility index (Phi) is 17.3. The molecule has 0 radical (unpaired) electrons. The number of piperazine rings is 1. The highest BCUT2D eigenvalue weighted by molar-refractivity contribution is 6.22. The first-order chi connectivity index (χ1) is 35.9. The number of phenols is 1. The minimum Gasteiger partial charge on any atom is -0.507 e. The van der Waals surface area contributed by atoms with E-state index in [1.807, 2.05) is 13.8 Å². The van der Waals surface area contributed by atoms with Crippen LogP contribution in [-0.2, 0) is 33.4 Å². The van der Waals surface area contributed by atoms with Crippen molar-refractivity contribution < 1.29 is 67.5 Å². The van der Waals surface area contributed by atoms with Crippen LogP contribution in [0.15, 0.2) is 57.5 Å². The van der Waals surface area contributed by atoms with Gasteiger partial charge in [0.15, 0.2) is 17.1 Å². The molecule has 1 amide bonds. The summed E-state index contributed by atoms with van der Waals surface area (Å²) in [4.78, 5) is 103. The number of carbonyl (C=O) groups is 6. The number of nitrogens with zero attached hydrogens (tertiary/aromatic N) is 3. The molecule has 19 heteroatoms. The first-order valence-electron chi connectivity index (χ1n) is 25.9. The van der Waals surface area contributed by atoms with Gasteiger partial charge in [0.2, 0.25) is 5.43 Å². The number of ketones is 1. The molecule has 0 unspecified atom stereocenters. The number of aliphatic hydroxyl groups is 2. The number of hydrogen-bond acceptors (Lipinski definition) is 18. The van der Waals surface area contributed by atoms with Gasteiger partial charge in [0, 0.05) is 105 Å². The summed E-state index contributed by atoms with van der Waals surface area (Å²) in [5.74, 6) is -9.54. The zero-order valence-corrected chi connectivity index (χ0v) is 45.0. The van der Waals surface area contributed by atoms with Gasteiger partial charge >= 0.3 is 17.7 Å². The van der Waals surface area contributed by atoms with Crippen LogP contribution in [0.25, 0.3) is 33.3 Å². The fraction of sp³-hybridized carbons (Fsp3) is 0.509. The highest BCUT2D eigenvalue weighted by Gasteiger charge is 2.50. The molecular formula is C57H70N4O15. The van der Waals surface area contributed by atoms with Crippen molar-refractivity contribution in [1.82, 2.24) is 9.88 Å². The van der Waals surface area contributed by atoms with Gasteiger partial charge in [0.05, 0.1) is 35.3 Å². The van der Waals surface area contributed by atoms with Crippen molar-refractivity contribution in [3.63, 3.8) is 0 Å². The number of benzene rings is 3. The number of amides is 1.